The van der Waals surface area contributed by atoms with Crippen LogP contribution in [0.3, 0.4) is 0 Å². The third-order valence-electron chi connectivity index (χ3n) is 2.40. The van der Waals surface area contributed by atoms with E-state index in [9.17, 15) is 8.42 Å². The maximum atomic E-state index is 11.6. The number of aromatic nitrogens is 2. The van der Waals surface area contributed by atoms with Crippen LogP contribution in [0.2, 0.25) is 0 Å². The minimum atomic E-state index is -3.75. The van der Waals surface area contributed by atoms with E-state index in [-0.39, 0.29) is 4.90 Å². The number of hydrogen-bond donors (Lipinski definition) is 0. The minimum absolute atomic E-state index is 0.155. The minimum Gasteiger partial charge on any atom is -0.256 e. The summed E-state index contributed by atoms with van der Waals surface area (Å²) in [5, 5.41) is 4.25. The molecule has 6 heteroatoms. The normalized spacial score (nSPS) is 11.1. The first-order valence-corrected chi connectivity index (χ1v) is 7.69. The van der Waals surface area contributed by atoms with Gasteiger partial charge in [-0.15, -0.1) is 5.92 Å². The van der Waals surface area contributed by atoms with Crippen LogP contribution in [-0.2, 0) is 28.4 Å². The largest absolute Gasteiger partial charge is 0.264 e. The van der Waals surface area contributed by atoms with Gasteiger partial charge in [0.15, 0.2) is 0 Å². The molecule has 0 saturated carbocycles. The van der Waals surface area contributed by atoms with E-state index in [2.05, 4.69) is 16.9 Å². The quantitative estimate of drug-likeness (QED) is 0.623. The Morgan fingerprint density at radius 2 is 2.00 bits per heavy atom. The summed E-state index contributed by atoms with van der Waals surface area (Å²) in [6, 6.07) is 0. The Bertz CT molecular complexity index is 564. The van der Waals surface area contributed by atoms with Crippen LogP contribution in [0.25, 0.3) is 0 Å². The fourth-order valence-electron chi connectivity index (χ4n) is 1.68. The smallest absolute Gasteiger partial charge is 0.256 e. The lowest BCUT2D eigenvalue weighted by atomic mass is 10.2. The van der Waals surface area contributed by atoms with Crippen LogP contribution in [0.4, 0.5) is 0 Å². The summed E-state index contributed by atoms with van der Waals surface area (Å²) in [4.78, 5) is 0.155. The topological polar surface area (TPSA) is 52.0 Å². The van der Waals surface area contributed by atoms with E-state index in [1.54, 1.807) is 11.6 Å². The molecule has 0 fully saturated rings. The van der Waals surface area contributed by atoms with Gasteiger partial charge in [-0.2, -0.15) is 5.10 Å². The van der Waals surface area contributed by atoms with Gasteiger partial charge in [-0.05, 0) is 19.8 Å². The molecule has 1 rings (SSSR count). The van der Waals surface area contributed by atoms with Gasteiger partial charge in [0, 0.05) is 10.7 Å². The molecule has 0 aliphatic heterocycles. The Morgan fingerprint density at radius 1 is 1.35 bits per heavy atom. The first kappa shape index (κ1) is 14.1. The van der Waals surface area contributed by atoms with Crippen LogP contribution >= 0.6 is 10.7 Å². The number of rotatable bonds is 4. The van der Waals surface area contributed by atoms with Crippen molar-refractivity contribution in [3.05, 3.63) is 11.4 Å². The molecule has 94 valence electrons. The Balaban J connectivity index is 3.44. The van der Waals surface area contributed by atoms with Crippen molar-refractivity contribution in [2.24, 2.45) is 0 Å². The van der Waals surface area contributed by atoms with Gasteiger partial charge in [-0.1, -0.05) is 19.8 Å². The van der Waals surface area contributed by atoms with Crippen molar-refractivity contribution < 1.29 is 8.42 Å². The zero-order valence-corrected chi connectivity index (χ0v) is 11.7. The molecule has 17 heavy (non-hydrogen) atoms. The number of aryl methyl sites for hydroxylation is 1. The molecule has 0 amide bonds. The summed E-state index contributed by atoms with van der Waals surface area (Å²) in [7, 11) is 1.70. The van der Waals surface area contributed by atoms with Gasteiger partial charge in [0.1, 0.15) is 11.4 Å². The van der Waals surface area contributed by atoms with Gasteiger partial charge in [0.25, 0.3) is 9.05 Å². The van der Waals surface area contributed by atoms with E-state index in [1.165, 1.54) is 0 Å². The van der Waals surface area contributed by atoms with Crippen LogP contribution in [0.1, 0.15) is 32.2 Å². The van der Waals surface area contributed by atoms with Crippen LogP contribution in [0.5, 0.6) is 0 Å². The highest BCUT2D eigenvalue weighted by molar-refractivity contribution is 8.13. The maximum absolute atomic E-state index is 11.6. The van der Waals surface area contributed by atoms with E-state index in [4.69, 9.17) is 10.7 Å². The first-order chi connectivity index (χ1) is 7.95. The molecular weight excluding hydrogens is 260 g/mol. The molecule has 4 nitrogen and oxygen atoms in total. The van der Waals surface area contributed by atoms with Crippen molar-refractivity contribution in [1.29, 1.82) is 0 Å². The number of nitrogens with zero attached hydrogens (tertiary/aromatic N) is 2. The Kier molecular flexibility index (Phi) is 4.61. The molecule has 0 unspecified atom stereocenters. The van der Waals surface area contributed by atoms with Crippen LogP contribution in [0.15, 0.2) is 4.90 Å². The summed E-state index contributed by atoms with van der Waals surface area (Å²) < 4.78 is 24.7. The molecule has 0 aliphatic rings. The standard InChI is InChI=1S/C11H15ClN2O2S/c1-4-7-8-14-10(6-3)11(17(12,15)16)9(5-2)13-14/h5-6,8H2,1-3H3. The zero-order valence-electron chi connectivity index (χ0n) is 10.1. The molecule has 1 aromatic rings. The van der Waals surface area contributed by atoms with Gasteiger partial charge in [-0.25, -0.2) is 8.42 Å². The molecular formula is C11H15ClN2O2S. The highest BCUT2D eigenvalue weighted by Crippen LogP contribution is 2.25. The van der Waals surface area contributed by atoms with E-state index in [0.29, 0.717) is 30.8 Å². The Labute approximate surface area is 106 Å². The lowest BCUT2D eigenvalue weighted by Crippen LogP contribution is -2.05. The summed E-state index contributed by atoms with van der Waals surface area (Å²) >= 11 is 0. The molecule has 0 saturated heterocycles. The molecule has 0 aliphatic carbocycles. The SMILES string of the molecule is CC#CCn1nc(CC)c(S(=O)(=O)Cl)c1CC. The van der Waals surface area contributed by atoms with E-state index >= 15 is 0 Å². The number of halogens is 1. The second-order valence-corrected chi connectivity index (χ2v) is 5.95. The van der Waals surface area contributed by atoms with E-state index in [1.807, 2.05) is 13.8 Å². The van der Waals surface area contributed by atoms with Crippen molar-refractivity contribution in [3.63, 3.8) is 0 Å². The van der Waals surface area contributed by atoms with E-state index in [0.717, 1.165) is 0 Å². The molecule has 0 bridgehead atoms. The molecule has 1 aromatic heterocycles. The predicted molar refractivity (Wildman–Crippen MR) is 67.5 cm³/mol. The van der Waals surface area contributed by atoms with E-state index < -0.39 is 9.05 Å². The van der Waals surface area contributed by atoms with Crippen molar-refractivity contribution in [2.45, 2.75) is 45.1 Å². The highest BCUT2D eigenvalue weighted by atomic mass is 35.7. The van der Waals surface area contributed by atoms with Gasteiger partial charge in [0.2, 0.25) is 0 Å². The van der Waals surface area contributed by atoms with Gasteiger partial charge in [0.05, 0.1) is 11.4 Å². The fourth-order valence-corrected chi connectivity index (χ4v) is 3.21. The Morgan fingerprint density at radius 3 is 2.41 bits per heavy atom. The monoisotopic (exact) mass is 274 g/mol. The first-order valence-electron chi connectivity index (χ1n) is 5.38. The second kappa shape index (κ2) is 5.56. The van der Waals surface area contributed by atoms with Crippen molar-refractivity contribution in [1.82, 2.24) is 9.78 Å². The van der Waals surface area contributed by atoms with Crippen LogP contribution in [0, 0.1) is 11.8 Å². The average molecular weight is 275 g/mol. The summed E-state index contributed by atoms with van der Waals surface area (Å²) in [5.74, 6) is 5.63. The van der Waals surface area contributed by atoms with Crippen LogP contribution < -0.4 is 0 Å². The maximum Gasteiger partial charge on any atom is 0.264 e. The number of hydrogen-bond acceptors (Lipinski definition) is 3. The highest BCUT2D eigenvalue weighted by Gasteiger charge is 2.24. The summed E-state index contributed by atoms with van der Waals surface area (Å²) in [6.07, 6.45) is 1.08. The lowest BCUT2D eigenvalue weighted by molar-refractivity contribution is 0.606. The molecule has 0 N–H and O–H groups in total. The lowest BCUT2D eigenvalue weighted by Gasteiger charge is -2.02. The third-order valence-corrected chi connectivity index (χ3v) is 3.82. The van der Waals surface area contributed by atoms with Gasteiger partial charge >= 0.3 is 0 Å². The van der Waals surface area contributed by atoms with Gasteiger partial charge < -0.3 is 0 Å². The molecule has 0 aromatic carbocycles. The van der Waals surface area contributed by atoms with Crippen molar-refractivity contribution in [2.75, 3.05) is 0 Å². The van der Waals surface area contributed by atoms with Crippen LogP contribution in [-0.4, -0.2) is 18.2 Å². The molecule has 0 atom stereocenters. The zero-order chi connectivity index (χ0) is 13.1. The molecule has 0 radical (unpaired) electrons. The molecule has 0 spiro atoms. The second-order valence-electron chi connectivity index (χ2n) is 3.45. The average Bonchev–Trinajstić information content (AvgIpc) is 2.63. The summed E-state index contributed by atoms with van der Waals surface area (Å²) in [5.41, 5.74) is 1.13. The third kappa shape index (κ3) is 3.02. The van der Waals surface area contributed by atoms with Crippen molar-refractivity contribution in [3.8, 4) is 11.8 Å². The molecule has 1 heterocycles. The predicted octanol–water partition coefficient (Wildman–Crippen LogP) is 1.96. The van der Waals surface area contributed by atoms with Crippen molar-refractivity contribution >= 4 is 19.7 Å². The fraction of sp³-hybridized carbons (Fsp3) is 0.545. The Hall–Kier alpha value is -0.990. The summed E-state index contributed by atoms with van der Waals surface area (Å²) in [6.45, 7) is 5.84. The van der Waals surface area contributed by atoms with Gasteiger partial charge in [-0.3, -0.25) is 4.68 Å².